The van der Waals surface area contributed by atoms with E-state index in [1.165, 1.54) is 0 Å². The monoisotopic (exact) mass is 335 g/mol. The van der Waals surface area contributed by atoms with Gasteiger partial charge in [-0.3, -0.25) is 9.59 Å². The van der Waals surface area contributed by atoms with Crippen LogP contribution in [0.15, 0.2) is 24.3 Å². The predicted molar refractivity (Wildman–Crippen MR) is 91.2 cm³/mol. The Morgan fingerprint density at radius 3 is 2.79 bits per heavy atom. The molecule has 0 spiro atoms. The molecular weight excluding hydrogens is 308 g/mol. The van der Waals surface area contributed by atoms with Crippen LogP contribution in [-0.2, 0) is 14.3 Å². The third-order valence-corrected chi connectivity index (χ3v) is 4.11. The van der Waals surface area contributed by atoms with Crippen LogP contribution in [0.5, 0.6) is 5.75 Å². The van der Waals surface area contributed by atoms with Crippen molar-refractivity contribution in [1.82, 2.24) is 0 Å². The summed E-state index contributed by atoms with van der Waals surface area (Å²) in [5.74, 6) is 0.363. The lowest BCUT2D eigenvalue weighted by Crippen LogP contribution is -3.14. The number of hydrogen-bond donors (Lipinski definition) is 2. The molecule has 0 saturated carbocycles. The van der Waals surface area contributed by atoms with Crippen molar-refractivity contribution in [2.75, 3.05) is 38.2 Å². The van der Waals surface area contributed by atoms with E-state index in [-0.39, 0.29) is 17.8 Å². The van der Waals surface area contributed by atoms with Gasteiger partial charge in [0.25, 0.3) is 5.91 Å². The number of piperidine rings is 1. The smallest absolute Gasteiger partial charge is 0.314 e. The topological polar surface area (TPSA) is 69.1 Å². The number of benzene rings is 1. The number of carbonyl (C=O) groups is 2. The number of rotatable bonds is 7. The Hall–Kier alpha value is -2.08. The van der Waals surface area contributed by atoms with E-state index < -0.39 is 0 Å². The standard InChI is InChI=1S/C18H26N2O4/c1-3-23-16-10-6-5-9-15(16)19-17(21)13-20-11-7-8-14(12-20)18(22)24-4-2/h5-6,9-10,14H,3-4,7-8,11-13H2,1-2H3,(H,19,21)/p+1/t14-/m1/s1. The summed E-state index contributed by atoms with van der Waals surface area (Å²) in [6, 6.07) is 7.41. The van der Waals surface area contributed by atoms with Crippen molar-refractivity contribution in [2.24, 2.45) is 5.92 Å². The number of nitrogens with one attached hydrogen (secondary N) is 2. The van der Waals surface area contributed by atoms with Gasteiger partial charge in [-0.2, -0.15) is 0 Å². The summed E-state index contributed by atoms with van der Waals surface area (Å²) in [5, 5.41) is 2.91. The molecule has 1 aromatic rings. The molecule has 0 radical (unpaired) electrons. The predicted octanol–water partition coefficient (Wildman–Crippen LogP) is 0.882. The minimum absolute atomic E-state index is 0.0679. The van der Waals surface area contributed by atoms with Crippen LogP contribution in [0.1, 0.15) is 26.7 Å². The van der Waals surface area contributed by atoms with Crippen LogP contribution in [0.4, 0.5) is 5.69 Å². The number of amides is 1. The van der Waals surface area contributed by atoms with Crippen LogP contribution in [0.25, 0.3) is 0 Å². The maximum atomic E-state index is 12.3. The van der Waals surface area contributed by atoms with Crippen molar-refractivity contribution >= 4 is 17.6 Å². The number of anilines is 1. The second-order valence-corrected chi connectivity index (χ2v) is 5.95. The molecular formula is C18H27N2O4+. The van der Waals surface area contributed by atoms with Crippen LogP contribution in [0.2, 0.25) is 0 Å². The zero-order valence-electron chi connectivity index (χ0n) is 14.5. The molecule has 0 aromatic heterocycles. The first kappa shape index (κ1) is 18.3. The van der Waals surface area contributed by atoms with Gasteiger partial charge < -0.3 is 19.7 Å². The second kappa shape index (κ2) is 9.27. The van der Waals surface area contributed by atoms with Gasteiger partial charge >= 0.3 is 5.97 Å². The molecule has 0 aliphatic carbocycles. The molecule has 6 heteroatoms. The average molecular weight is 335 g/mol. The SMILES string of the molecule is CCOC(=O)[C@@H]1CCC[NH+](CC(=O)Nc2ccccc2OCC)C1. The lowest BCUT2D eigenvalue weighted by molar-refractivity contribution is -0.899. The second-order valence-electron chi connectivity index (χ2n) is 5.95. The van der Waals surface area contributed by atoms with E-state index in [0.717, 1.165) is 24.3 Å². The summed E-state index contributed by atoms with van der Waals surface area (Å²) >= 11 is 0. The van der Waals surface area contributed by atoms with Crippen molar-refractivity contribution in [2.45, 2.75) is 26.7 Å². The quantitative estimate of drug-likeness (QED) is 0.726. The van der Waals surface area contributed by atoms with Crippen molar-refractivity contribution in [3.05, 3.63) is 24.3 Å². The number of para-hydroxylation sites is 2. The Kier molecular flexibility index (Phi) is 7.06. The van der Waals surface area contributed by atoms with Crippen molar-refractivity contribution in [3.63, 3.8) is 0 Å². The molecule has 1 saturated heterocycles. The molecule has 0 bridgehead atoms. The molecule has 2 N–H and O–H groups in total. The molecule has 1 aliphatic heterocycles. The number of carbonyl (C=O) groups excluding carboxylic acids is 2. The van der Waals surface area contributed by atoms with Gasteiger partial charge in [0.1, 0.15) is 11.7 Å². The lowest BCUT2D eigenvalue weighted by Gasteiger charge is -2.28. The van der Waals surface area contributed by atoms with E-state index in [0.29, 0.717) is 37.7 Å². The minimum atomic E-state index is -0.142. The number of esters is 1. The third-order valence-electron chi connectivity index (χ3n) is 4.11. The number of likely N-dealkylation sites (tertiary alicyclic amines) is 1. The Balaban J connectivity index is 1.89. The van der Waals surface area contributed by atoms with E-state index >= 15 is 0 Å². The summed E-state index contributed by atoms with van der Waals surface area (Å²) in [4.78, 5) is 25.3. The zero-order chi connectivity index (χ0) is 17.4. The van der Waals surface area contributed by atoms with Crippen LogP contribution < -0.4 is 15.0 Å². The van der Waals surface area contributed by atoms with Gasteiger partial charge in [0.2, 0.25) is 0 Å². The summed E-state index contributed by atoms with van der Waals surface area (Å²) in [6.45, 7) is 6.57. The van der Waals surface area contributed by atoms with Gasteiger partial charge in [-0.15, -0.1) is 0 Å². The van der Waals surface area contributed by atoms with Gasteiger partial charge in [0.05, 0.1) is 32.0 Å². The highest BCUT2D eigenvalue weighted by Crippen LogP contribution is 2.23. The average Bonchev–Trinajstić information content (AvgIpc) is 2.57. The normalized spacial score (nSPS) is 20.2. The Morgan fingerprint density at radius 1 is 1.25 bits per heavy atom. The first-order valence-corrected chi connectivity index (χ1v) is 8.65. The van der Waals surface area contributed by atoms with E-state index in [9.17, 15) is 9.59 Å². The highest BCUT2D eigenvalue weighted by molar-refractivity contribution is 5.92. The Bertz CT molecular complexity index is 562. The van der Waals surface area contributed by atoms with Gasteiger partial charge in [0.15, 0.2) is 6.54 Å². The molecule has 24 heavy (non-hydrogen) atoms. The van der Waals surface area contributed by atoms with E-state index in [1.54, 1.807) is 0 Å². The minimum Gasteiger partial charge on any atom is -0.492 e. The molecule has 1 fully saturated rings. The van der Waals surface area contributed by atoms with Crippen LogP contribution in [-0.4, -0.2) is 44.7 Å². The molecule has 1 heterocycles. The fraction of sp³-hybridized carbons (Fsp3) is 0.556. The Morgan fingerprint density at radius 2 is 2.04 bits per heavy atom. The summed E-state index contributed by atoms with van der Waals surface area (Å²) in [6.07, 6.45) is 1.78. The van der Waals surface area contributed by atoms with Crippen molar-refractivity contribution < 1.29 is 24.0 Å². The fourth-order valence-electron chi connectivity index (χ4n) is 3.05. The van der Waals surface area contributed by atoms with Gasteiger partial charge in [-0.1, -0.05) is 12.1 Å². The van der Waals surface area contributed by atoms with Gasteiger partial charge in [-0.25, -0.2) is 0 Å². The molecule has 1 aromatic carbocycles. The van der Waals surface area contributed by atoms with Crippen LogP contribution >= 0.6 is 0 Å². The maximum absolute atomic E-state index is 12.3. The summed E-state index contributed by atoms with van der Waals surface area (Å²) in [7, 11) is 0. The van der Waals surface area contributed by atoms with E-state index in [4.69, 9.17) is 9.47 Å². The Labute approximate surface area is 143 Å². The first-order chi connectivity index (χ1) is 11.6. The van der Waals surface area contributed by atoms with Crippen molar-refractivity contribution in [1.29, 1.82) is 0 Å². The zero-order valence-corrected chi connectivity index (χ0v) is 14.5. The molecule has 1 aliphatic rings. The van der Waals surface area contributed by atoms with Gasteiger partial charge in [-0.05, 0) is 38.8 Å². The molecule has 2 rings (SSSR count). The van der Waals surface area contributed by atoms with Crippen molar-refractivity contribution in [3.8, 4) is 5.75 Å². The lowest BCUT2D eigenvalue weighted by atomic mass is 9.98. The molecule has 1 amide bonds. The number of hydrogen-bond acceptors (Lipinski definition) is 4. The third kappa shape index (κ3) is 5.23. The summed E-state index contributed by atoms with van der Waals surface area (Å²) < 4.78 is 10.6. The fourth-order valence-corrected chi connectivity index (χ4v) is 3.05. The van der Waals surface area contributed by atoms with E-state index in [2.05, 4.69) is 5.32 Å². The number of ether oxygens (including phenoxy) is 2. The van der Waals surface area contributed by atoms with Crippen LogP contribution in [0.3, 0.4) is 0 Å². The number of quaternary nitrogens is 1. The summed E-state index contributed by atoms with van der Waals surface area (Å²) in [5.41, 5.74) is 0.683. The van der Waals surface area contributed by atoms with E-state index in [1.807, 2.05) is 38.1 Å². The highest BCUT2D eigenvalue weighted by Gasteiger charge is 2.30. The maximum Gasteiger partial charge on any atom is 0.314 e. The van der Waals surface area contributed by atoms with Gasteiger partial charge in [0, 0.05) is 0 Å². The molecule has 1 unspecified atom stereocenters. The highest BCUT2D eigenvalue weighted by atomic mass is 16.5. The largest absolute Gasteiger partial charge is 0.492 e. The molecule has 132 valence electrons. The molecule has 6 nitrogen and oxygen atoms in total. The molecule has 2 atom stereocenters. The first-order valence-electron chi connectivity index (χ1n) is 8.65. The van der Waals surface area contributed by atoms with Crippen LogP contribution in [0, 0.1) is 5.92 Å².